The molecule has 0 saturated carbocycles. The third-order valence-corrected chi connectivity index (χ3v) is 3.18. The third-order valence-electron chi connectivity index (χ3n) is 2.63. The van der Waals surface area contributed by atoms with Crippen LogP contribution in [0.1, 0.15) is 0 Å². The van der Waals surface area contributed by atoms with Crippen LogP contribution in [0.4, 0.5) is 0 Å². The fourth-order valence-electron chi connectivity index (χ4n) is 1.81. The summed E-state index contributed by atoms with van der Waals surface area (Å²) >= 11 is 12.0. The molecule has 0 unspecified atom stereocenters. The number of halogens is 2. The van der Waals surface area contributed by atoms with Gasteiger partial charge in [-0.3, -0.25) is 4.40 Å². The van der Waals surface area contributed by atoms with Gasteiger partial charge in [-0.2, -0.15) is 0 Å². The highest BCUT2D eigenvalue weighted by molar-refractivity contribution is 6.33. The van der Waals surface area contributed by atoms with Crippen molar-refractivity contribution < 1.29 is 0 Å². The van der Waals surface area contributed by atoms with Crippen molar-refractivity contribution in [3.63, 3.8) is 0 Å². The molecular weight excluding hydrogens is 255 g/mol. The van der Waals surface area contributed by atoms with Gasteiger partial charge >= 0.3 is 0 Å². The molecule has 3 rings (SSSR count). The smallest absolute Gasteiger partial charge is 0.156 e. The number of hydrogen-bond donors (Lipinski definition) is 0. The fraction of sp³-hybridized carbons (Fsp3) is 0. The van der Waals surface area contributed by atoms with E-state index in [9.17, 15) is 0 Å². The molecule has 0 saturated heterocycles. The predicted octanol–water partition coefficient (Wildman–Crippen LogP) is 4.31. The first-order valence-electron chi connectivity index (χ1n) is 5.13. The lowest BCUT2D eigenvalue weighted by atomic mass is 10.2. The van der Waals surface area contributed by atoms with E-state index in [0.717, 1.165) is 21.9 Å². The minimum absolute atomic E-state index is 0.646. The standard InChI is InChI=1S/C13H8Cl2N2/c14-10-5-3-9(4-6-10)12-8-16-13-11(15)2-1-7-17(12)13/h1-8H. The van der Waals surface area contributed by atoms with Gasteiger partial charge in [0.1, 0.15) is 0 Å². The maximum Gasteiger partial charge on any atom is 0.156 e. The Morgan fingerprint density at radius 1 is 1.00 bits per heavy atom. The van der Waals surface area contributed by atoms with Crippen molar-refractivity contribution in [3.05, 3.63) is 58.8 Å². The SMILES string of the molecule is Clc1ccc(-c2cnc3c(Cl)cccn23)cc1. The van der Waals surface area contributed by atoms with Crippen molar-refractivity contribution >= 4 is 28.8 Å². The highest BCUT2D eigenvalue weighted by Crippen LogP contribution is 2.25. The summed E-state index contributed by atoms with van der Waals surface area (Å²) in [6.45, 7) is 0. The first-order chi connectivity index (χ1) is 8.25. The van der Waals surface area contributed by atoms with E-state index in [4.69, 9.17) is 23.2 Å². The summed E-state index contributed by atoms with van der Waals surface area (Å²) in [6.07, 6.45) is 3.75. The molecule has 0 amide bonds. The maximum absolute atomic E-state index is 6.08. The molecule has 0 N–H and O–H groups in total. The second-order valence-electron chi connectivity index (χ2n) is 3.70. The molecule has 0 fully saturated rings. The molecule has 3 aromatic rings. The van der Waals surface area contributed by atoms with Gasteiger partial charge in [0.15, 0.2) is 5.65 Å². The summed E-state index contributed by atoms with van der Waals surface area (Å²) < 4.78 is 1.96. The van der Waals surface area contributed by atoms with Gasteiger partial charge in [0.25, 0.3) is 0 Å². The van der Waals surface area contributed by atoms with Crippen LogP contribution in [0.5, 0.6) is 0 Å². The predicted molar refractivity (Wildman–Crippen MR) is 70.6 cm³/mol. The molecule has 84 valence electrons. The number of hydrogen-bond acceptors (Lipinski definition) is 1. The van der Waals surface area contributed by atoms with E-state index in [1.165, 1.54) is 0 Å². The lowest BCUT2D eigenvalue weighted by Gasteiger charge is -2.02. The van der Waals surface area contributed by atoms with Crippen molar-refractivity contribution in [1.82, 2.24) is 9.38 Å². The van der Waals surface area contributed by atoms with E-state index in [1.54, 1.807) is 0 Å². The van der Waals surface area contributed by atoms with E-state index in [1.807, 2.05) is 53.2 Å². The summed E-state index contributed by atoms with van der Waals surface area (Å²) in [5, 5.41) is 1.37. The first-order valence-corrected chi connectivity index (χ1v) is 5.89. The Bertz CT molecular complexity index is 671. The number of benzene rings is 1. The molecule has 0 atom stereocenters. The van der Waals surface area contributed by atoms with E-state index in [2.05, 4.69) is 4.98 Å². The second-order valence-corrected chi connectivity index (χ2v) is 4.54. The van der Waals surface area contributed by atoms with Crippen LogP contribution in [0.2, 0.25) is 10.0 Å². The van der Waals surface area contributed by atoms with Crippen LogP contribution >= 0.6 is 23.2 Å². The largest absolute Gasteiger partial charge is 0.298 e. The molecular formula is C13H8Cl2N2. The average Bonchev–Trinajstić information content (AvgIpc) is 2.75. The number of aromatic nitrogens is 2. The average molecular weight is 263 g/mol. The summed E-state index contributed by atoms with van der Waals surface area (Å²) in [5.74, 6) is 0. The van der Waals surface area contributed by atoms with E-state index >= 15 is 0 Å². The van der Waals surface area contributed by atoms with Crippen molar-refractivity contribution in [2.75, 3.05) is 0 Å². The number of pyridine rings is 1. The molecule has 0 radical (unpaired) electrons. The van der Waals surface area contributed by atoms with Crippen LogP contribution in [0.3, 0.4) is 0 Å². The molecule has 0 aliphatic rings. The van der Waals surface area contributed by atoms with Crippen LogP contribution in [-0.4, -0.2) is 9.38 Å². The molecule has 2 aromatic heterocycles. The Hall–Kier alpha value is -1.51. The molecule has 0 bridgehead atoms. The minimum atomic E-state index is 0.646. The van der Waals surface area contributed by atoms with Gasteiger partial charge in [0, 0.05) is 16.8 Å². The zero-order valence-corrected chi connectivity index (χ0v) is 10.3. The molecule has 0 aliphatic heterocycles. The third kappa shape index (κ3) is 1.79. The van der Waals surface area contributed by atoms with Gasteiger partial charge in [-0.15, -0.1) is 0 Å². The Morgan fingerprint density at radius 2 is 1.76 bits per heavy atom. The van der Waals surface area contributed by atoms with Gasteiger partial charge < -0.3 is 0 Å². The Labute approximate surface area is 108 Å². The fourth-order valence-corrected chi connectivity index (χ4v) is 2.15. The second kappa shape index (κ2) is 4.06. The number of nitrogens with zero attached hydrogens (tertiary/aromatic N) is 2. The monoisotopic (exact) mass is 262 g/mol. The van der Waals surface area contributed by atoms with E-state index in [-0.39, 0.29) is 0 Å². The zero-order chi connectivity index (χ0) is 11.8. The highest BCUT2D eigenvalue weighted by atomic mass is 35.5. The summed E-state index contributed by atoms with van der Waals surface area (Å²) in [5.41, 5.74) is 2.82. The first kappa shape index (κ1) is 10.6. The van der Waals surface area contributed by atoms with Gasteiger partial charge in [0.05, 0.1) is 16.9 Å². The van der Waals surface area contributed by atoms with Crippen LogP contribution in [0.15, 0.2) is 48.8 Å². The highest BCUT2D eigenvalue weighted by Gasteiger charge is 2.07. The molecule has 1 aromatic carbocycles. The number of fused-ring (bicyclic) bond motifs is 1. The van der Waals surface area contributed by atoms with Crippen LogP contribution in [0.25, 0.3) is 16.9 Å². The normalized spacial score (nSPS) is 10.9. The van der Waals surface area contributed by atoms with Crippen LogP contribution < -0.4 is 0 Å². The lowest BCUT2D eigenvalue weighted by molar-refractivity contribution is 1.19. The number of imidazole rings is 1. The van der Waals surface area contributed by atoms with Crippen molar-refractivity contribution in [2.24, 2.45) is 0 Å². The zero-order valence-electron chi connectivity index (χ0n) is 8.77. The quantitative estimate of drug-likeness (QED) is 0.639. The lowest BCUT2D eigenvalue weighted by Crippen LogP contribution is -1.87. The summed E-state index contributed by atoms with van der Waals surface area (Å²) in [4.78, 5) is 4.32. The Balaban J connectivity index is 2.24. The van der Waals surface area contributed by atoms with Gasteiger partial charge in [-0.05, 0) is 24.3 Å². The van der Waals surface area contributed by atoms with Crippen molar-refractivity contribution in [3.8, 4) is 11.3 Å². The molecule has 0 spiro atoms. The molecule has 2 nitrogen and oxygen atoms in total. The Morgan fingerprint density at radius 3 is 2.53 bits per heavy atom. The van der Waals surface area contributed by atoms with Crippen molar-refractivity contribution in [1.29, 1.82) is 0 Å². The van der Waals surface area contributed by atoms with Crippen LogP contribution in [-0.2, 0) is 0 Å². The molecule has 17 heavy (non-hydrogen) atoms. The van der Waals surface area contributed by atoms with Crippen molar-refractivity contribution in [2.45, 2.75) is 0 Å². The molecule has 4 heteroatoms. The molecule has 0 aliphatic carbocycles. The molecule has 2 heterocycles. The number of rotatable bonds is 1. The van der Waals surface area contributed by atoms with Gasteiger partial charge in [-0.25, -0.2) is 4.98 Å². The minimum Gasteiger partial charge on any atom is -0.298 e. The maximum atomic E-state index is 6.08. The summed E-state index contributed by atoms with van der Waals surface area (Å²) in [7, 11) is 0. The topological polar surface area (TPSA) is 17.3 Å². The van der Waals surface area contributed by atoms with Gasteiger partial charge in [-0.1, -0.05) is 35.3 Å². The summed E-state index contributed by atoms with van der Waals surface area (Å²) in [6, 6.07) is 11.4. The Kier molecular flexibility index (Phi) is 2.54. The van der Waals surface area contributed by atoms with E-state index < -0.39 is 0 Å². The van der Waals surface area contributed by atoms with Gasteiger partial charge in [0.2, 0.25) is 0 Å². The van der Waals surface area contributed by atoms with E-state index in [0.29, 0.717) is 5.02 Å². The van der Waals surface area contributed by atoms with Crippen LogP contribution in [0, 0.1) is 0 Å².